The topological polar surface area (TPSA) is 73.1 Å². The highest BCUT2D eigenvalue weighted by Gasteiger charge is 2.12. The molecule has 0 fully saturated rings. The number of rotatable bonds is 1. The van der Waals surface area contributed by atoms with Crippen molar-refractivity contribution in [3.05, 3.63) is 42.0 Å². The van der Waals surface area contributed by atoms with Crippen molar-refractivity contribution >= 4 is 17.4 Å². The Morgan fingerprint density at radius 1 is 1.35 bits per heavy atom. The first kappa shape index (κ1) is 16.9. The van der Waals surface area contributed by atoms with Gasteiger partial charge >= 0.3 is 6.03 Å². The number of nitrogens with one attached hydrogen (secondary N) is 3. The fraction of sp³-hybridized carbons (Fsp3) is 0.412. The molecule has 1 aliphatic heterocycles. The number of carbonyl (C=O) groups is 1. The molecule has 6 heteroatoms. The summed E-state index contributed by atoms with van der Waals surface area (Å²) in [4.78, 5) is 20.2. The molecule has 0 aliphatic carbocycles. The lowest BCUT2D eigenvalue weighted by Crippen LogP contribution is -2.25. The second-order valence-electron chi connectivity index (χ2n) is 5.66. The molecule has 0 unspecified atom stereocenters. The Morgan fingerprint density at radius 3 is 2.78 bits per heavy atom. The number of benzene rings is 1. The molecular formula is C17H25N5O. The van der Waals surface area contributed by atoms with E-state index in [1.807, 2.05) is 13.0 Å². The molecule has 0 atom stereocenters. The van der Waals surface area contributed by atoms with Gasteiger partial charge in [0.1, 0.15) is 0 Å². The molecule has 1 aromatic carbocycles. The third kappa shape index (κ3) is 5.02. The van der Waals surface area contributed by atoms with Gasteiger partial charge in [-0.1, -0.05) is 6.07 Å². The smallest absolute Gasteiger partial charge is 0.318 e. The molecule has 0 bridgehead atoms. The average Bonchev–Trinajstić information content (AvgIpc) is 2.96. The molecule has 3 rings (SSSR count). The standard InChI is InChI=1S/C13H19N3O.C4H6N2/c1-14-13(17)15-11-7-6-10-5-3-4-8-16(2)12(10)9-11;1-4-2-5-3-6-4/h6-7,9H,3-5,8H2,1-2H3,(H2,14,15,17);2-3H,1H3,(H,5,6). The van der Waals surface area contributed by atoms with Gasteiger partial charge in [-0.15, -0.1) is 0 Å². The normalized spacial score (nSPS) is 13.3. The van der Waals surface area contributed by atoms with E-state index in [2.05, 4.69) is 44.7 Å². The average molecular weight is 315 g/mol. The van der Waals surface area contributed by atoms with Crippen molar-refractivity contribution < 1.29 is 4.79 Å². The molecule has 2 aromatic rings. The van der Waals surface area contributed by atoms with Crippen LogP contribution >= 0.6 is 0 Å². The predicted molar refractivity (Wildman–Crippen MR) is 94.1 cm³/mol. The lowest BCUT2D eigenvalue weighted by molar-refractivity contribution is 0.254. The minimum Gasteiger partial charge on any atom is -0.374 e. The summed E-state index contributed by atoms with van der Waals surface area (Å²) in [7, 11) is 3.72. The van der Waals surface area contributed by atoms with Gasteiger partial charge in [0.25, 0.3) is 0 Å². The molecule has 3 N–H and O–H groups in total. The van der Waals surface area contributed by atoms with Crippen LogP contribution in [0, 0.1) is 6.92 Å². The zero-order valence-corrected chi connectivity index (χ0v) is 14.0. The number of hydrogen-bond acceptors (Lipinski definition) is 3. The summed E-state index contributed by atoms with van der Waals surface area (Å²) in [6, 6.07) is 5.95. The first-order chi connectivity index (χ1) is 11.1. The van der Waals surface area contributed by atoms with E-state index in [0.717, 1.165) is 24.3 Å². The monoisotopic (exact) mass is 315 g/mol. The minimum atomic E-state index is -0.179. The van der Waals surface area contributed by atoms with Crippen LogP contribution in [0.2, 0.25) is 0 Å². The molecule has 2 heterocycles. The van der Waals surface area contributed by atoms with Crippen LogP contribution in [0.25, 0.3) is 0 Å². The number of aromatic nitrogens is 2. The second kappa shape index (κ2) is 8.22. The Balaban J connectivity index is 0.000000268. The van der Waals surface area contributed by atoms with E-state index in [1.165, 1.54) is 24.1 Å². The fourth-order valence-corrected chi connectivity index (χ4v) is 2.51. The summed E-state index contributed by atoms with van der Waals surface area (Å²) in [5.74, 6) is 0. The van der Waals surface area contributed by atoms with Gasteiger partial charge in [-0.25, -0.2) is 9.78 Å². The highest BCUT2D eigenvalue weighted by molar-refractivity contribution is 5.89. The molecule has 23 heavy (non-hydrogen) atoms. The van der Waals surface area contributed by atoms with Crippen LogP contribution in [0.4, 0.5) is 16.2 Å². The van der Waals surface area contributed by atoms with Crippen molar-refractivity contribution in [2.45, 2.75) is 26.2 Å². The Kier molecular flexibility index (Phi) is 6.02. The number of anilines is 2. The number of fused-ring (bicyclic) bond motifs is 1. The third-order valence-electron chi connectivity index (χ3n) is 3.81. The van der Waals surface area contributed by atoms with Crippen LogP contribution in [0.5, 0.6) is 0 Å². The summed E-state index contributed by atoms with van der Waals surface area (Å²) in [5, 5.41) is 5.36. The van der Waals surface area contributed by atoms with Gasteiger partial charge in [0.05, 0.1) is 6.33 Å². The van der Waals surface area contributed by atoms with Gasteiger partial charge in [0, 0.05) is 43.9 Å². The van der Waals surface area contributed by atoms with Crippen LogP contribution in [0.1, 0.15) is 24.1 Å². The van der Waals surface area contributed by atoms with Gasteiger partial charge in [-0.3, -0.25) is 0 Å². The zero-order valence-electron chi connectivity index (χ0n) is 14.0. The van der Waals surface area contributed by atoms with Gasteiger partial charge < -0.3 is 20.5 Å². The fourth-order valence-electron chi connectivity index (χ4n) is 2.51. The van der Waals surface area contributed by atoms with Crippen LogP contribution < -0.4 is 15.5 Å². The Morgan fingerprint density at radius 2 is 2.17 bits per heavy atom. The Bertz CT molecular complexity index is 624. The third-order valence-corrected chi connectivity index (χ3v) is 3.81. The van der Waals surface area contributed by atoms with E-state index in [9.17, 15) is 4.79 Å². The van der Waals surface area contributed by atoms with Crippen molar-refractivity contribution in [2.24, 2.45) is 0 Å². The van der Waals surface area contributed by atoms with Crippen molar-refractivity contribution in [3.63, 3.8) is 0 Å². The van der Waals surface area contributed by atoms with E-state index >= 15 is 0 Å². The van der Waals surface area contributed by atoms with Crippen LogP contribution in [0.15, 0.2) is 30.7 Å². The number of hydrogen-bond donors (Lipinski definition) is 3. The summed E-state index contributed by atoms with van der Waals surface area (Å²) < 4.78 is 0. The molecule has 124 valence electrons. The van der Waals surface area contributed by atoms with Crippen LogP contribution in [-0.4, -0.2) is 36.6 Å². The number of aryl methyl sites for hydroxylation is 2. The highest BCUT2D eigenvalue weighted by atomic mass is 16.2. The second-order valence-corrected chi connectivity index (χ2v) is 5.66. The number of urea groups is 1. The molecule has 1 aromatic heterocycles. The maximum Gasteiger partial charge on any atom is 0.318 e. The number of aromatic amines is 1. The SMILES string of the molecule is CNC(=O)Nc1ccc2c(c1)N(C)CCCC2.Cc1cnc[nH]1. The largest absolute Gasteiger partial charge is 0.374 e. The maximum atomic E-state index is 11.3. The molecule has 6 nitrogen and oxygen atoms in total. The number of carbonyl (C=O) groups excluding carboxylic acids is 1. The number of amides is 2. The summed E-state index contributed by atoms with van der Waals surface area (Å²) >= 11 is 0. The van der Waals surface area contributed by atoms with Gasteiger partial charge in [-0.2, -0.15) is 0 Å². The molecule has 0 saturated carbocycles. The van der Waals surface area contributed by atoms with Crippen molar-refractivity contribution in [3.8, 4) is 0 Å². The number of H-pyrrole nitrogens is 1. The Labute approximate surface area is 137 Å². The lowest BCUT2D eigenvalue weighted by Gasteiger charge is -2.20. The van der Waals surface area contributed by atoms with Gasteiger partial charge in [0.2, 0.25) is 0 Å². The predicted octanol–water partition coefficient (Wildman–Crippen LogP) is 2.93. The van der Waals surface area contributed by atoms with E-state index < -0.39 is 0 Å². The summed E-state index contributed by atoms with van der Waals surface area (Å²) in [6.07, 6.45) is 7.03. The molecule has 2 amide bonds. The zero-order chi connectivity index (χ0) is 16.7. The van der Waals surface area contributed by atoms with Gasteiger partial charge in [-0.05, 0) is 43.9 Å². The van der Waals surface area contributed by atoms with Crippen LogP contribution in [-0.2, 0) is 6.42 Å². The van der Waals surface area contributed by atoms with E-state index in [4.69, 9.17) is 0 Å². The van der Waals surface area contributed by atoms with Crippen molar-refractivity contribution in [2.75, 3.05) is 30.9 Å². The van der Waals surface area contributed by atoms with Crippen molar-refractivity contribution in [1.29, 1.82) is 0 Å². The number of imidazole rings is 1. The quantitative estimate of drug-likeness (QED) is 0.757. The van der Waals surface area contributed by atoms with E-state index in [0.29, 0.717) is 0 Å². The first-order valence-electron chi connectivity index (χ1n) is 7.88. The molecule has 0 spiro atoms. The van der Waals surface area contributed by atoms with Crippen LogP contribution in [0.3, 0.4) is 0 Å². The minimum absolute atomic E-state index is 0.179. The van der Waals surface area contributed by atoms with E-state index in [-0.39, 0.29) is 6.03 Å². The summed E-state index contributed by atoms with van der Waals surface area (Å²) in [6.45, 7) is 3.05. The van der Waals surface area contributed by atoms with Crippen molar-refractivity contribution in [1.82, 2.24) is 15.3 Å². The lowest BCUT2D eigenvalue weighted by atomic mass is 10.1. The maximum absolute atomic E-state index is 11.3. The first-order valence-corrected chi connectivity index (χ1v) is 7.88. The number of nitrogens with zero attached hydrogens (tertiary/aromatic N) is 2. The Hall–Kier alpha value is -2.50. The molecule has 0 radical (unpaired) electrons. The molecule has 0 saturated heterocycles. The molecular weight excluding hydrogens is 290 g/mol. The highest BCUT2D eigenvalue weighted by Crippen LogP contribution is 2.28. The summed E-state index contributed by atoms with van der Waals surface area (Å²) in [5.41, 5.74) is 4.55. The molecule has 1 aliphatic rings. The van der Waals surface area contributed by atoms with E-state index in [1.54, 1.807) is 19.6 Å². The van der Waals surface area contributed by atoms with Gasteiger partial charge in [0.15, 0.2) is 0 Å².